The molecule has 0 amide bonds. The summed E-state index contributed by atoms with van der Waals surface area (Å²) in [5.41, 5.74) is 0. The first-order valence-corrected chi connectivity index (χ1v) is 11.0. The van der Waals surface area contributed by atoms with Gasteiger partial charge in [-0.05, 0) is 39.0 Å². The Hall–Kier alpha value is -1.65. The molecule has 0 heterocycles. The maximum Gasteiger partial charge on any atom is 0.370 e. The highest BCUT2D eigenvalue weighted by atomic mass is 19.1. The predicted octanol–water partition coefficient (Wildman–Crippen LogP) is 6.94. The fourth-order valence-corrected chi connectivity index (χ4v) is 2.76. The van der Waals surface area contributed by atoms with Crippen LogP contribution in [-0.2, 0) is 19.1 Å². The third-order valence-corrected chi connectivity index (χ3v) is 4.41. The molecule has 0 aliphatic rings. The number of carbonyl (C=O) groups is 2. The van der Waals surface area contributed by atoms with Crippen LogP contribution in [0.5, 0.6) is 0 Å². The highest BCUT2D eigenvalue weighted by Crippen LogP contribution is 2.10. The number of ether oxygens (including phenoxy) is 2. The summed E-state index contributed by atoms with van der Waals surface area (Å²) < 4.78 is 22.2. The van der Waals surface area contributed by atoms with E-state index in [9.17, 15) is 14.0 Å². The molecule has 5 heteroatoms. The van der Waals surface area contributed by atoms with Gasteiger partial charge in [-0.2, -0.15) is 4.39 Å². The molecule has 0 bridgehead atoms. The normalized spacial score (nSPS) is 11.8. The van der Waals surface area contributed by atoms with Crippen LogP contribution in [0.1, 0.15) is 104 Å². The Morgan fingerprint density at radius 1 is 0.786 bits per heavy atom. The lowest BCUT2D eigenvalue weighted by Crippen LogP contribution is -2.06. The number of halogens is 1. The molecule has 0 saturated heterocycles. The molecule has 162 valence electrons. The molecule has 0 aromatic rings. The Kier molecular flexibility index (Phi) is 18.9. The number of rotatable bonds is 18. The van der Waals surface area contributed by atoms with Crippen molar-refractivity contribution in [2.24, 2.45) is 0 Å². The number of hydrogen-bond donors (Lipinski definition) is 0. The van der Waals surface area contributed by atoms with E-state index in [0.29, 0.717) is 12.7 Å². The first kappa shape index (κ1) is 26.4. The average molecular weight is 399 g/mol. The predicted molar refractivity (Wildman–Crippen MR) is 111 cm³/mol. The summed E-state index contributed by atoms with van der Waals surface area (Å²) in [6.07, 6.45) is 20.8. The largest absolute Gasteiger partial charge is 0.461 e. The lowest BCUT2D eigenvalue weighted by molar-refractivity contribution is -0.141. The monoisotopic (exact) mass is 398 g/mol. The zero-order chi connectivity index (χ0) is 20.9. The number of hydrogen-bond acceptors (Lipinski definition) is 4. The molecule has 0 rings (SSSR count). The molecule has 0 radical (unpaired) electrons. The van der Waals surface area contributed by atoms with E-state index in [0.717, 1.165) is 25.7 Å². The summed E-state index contributed by atoms with van der Waals surface area (Å²) in [5.74, 6) is -2.84. The second-order valence-corrected chi connectivity index (χ2v) is 7.01. The van der Waals surface area contributed by atoms with Crippen LogP contribution < -0.4 is 0 Å². The van der Waals surface area contributed by atoms with Crippen molar-refractivity contribution in [2.75, 3.05) is 6.61 Å². The molecule has 0 aromatic carbocycles. The zero-order valence-electron chi connectivity index (χ0n) is 17.8. The fourth-order valence-electron chi connectivity index (χ4n) is 2.76. The van der Waals surface area contributed by atoms with Gasteiger partial charge in [0, 0.05) is 6.42 Å². The highest BCUT2D eigenvalue weighted by Gasteiger charge is 2.11. The molecule has 0 atom stereocenters. The van der Waals surface area contributed by atoms with Gasteiger partial charge in [0.1, 0.15) is 6.26 Å². The third-order valence-electron chi connectivity index (χ3n) is 4.41. The SMILES string of the molecule is CCCCCCCC/C=C\CCCCCCCC(=O)O/C=C(\F)C(=O)OCC. The molecule has 0 spiro atoms. The standard InChI is InChI=1S/C23H39FO4/c1-3-5-6-7-8-9-10-11-12-13-14-15-16-17-18-19-22(25)28-20-21(24)23(26)27-4-2/h11-12,20H,3-10,13-19H2,1-2H3/b12-11-,21-20-. The summed E-state index contributed by atoms with van der Waals surface area (Å²) in [4.78, 5) is 22.5. The number of carbonyl (C=O) groups excluding carboxylic acids is 2. The molecular formula is C23H39FO4. The molecule has 0 aliphatic carbocycles. The summed E-state index contributed by atoms with van der Waals surface area (Å²) in [6, 6.07) is 0. The Morgan fingerprint density at radius 3 is 1.89 bits per heavy atom. The topological polar surface area (TPSA) is 52.6 Å². The Balaban J connectivity index is 3.45. The van der Waals surface area contributed by atoms with Gasteiger partial charge in [0.25, 0.3) is 0 Å². The molecule has 0 unspecified atom stereocenters. The van der Waals surface area contributed by atoms with Crippen molar-refractivity contribution < 1.29 is 23.5 Å². The minimum atomic E-state index is -1.19. The van der Waals surface area contributed by atoms with Crippen LogP contribution in [0.2, 0.25) is 0 Å². The van der Waals surface area contributed by atoms with Gasteiger partial charge in [-0.3, -0.25) is 4.79 Å². The van der Waals surface area contributed by atoms with E-state index in [1.807, 2.05) is 0 Å². The molecule has 28 heavy (non-hydrogen) atoms. The van der Waals surface area contributed by atoms with Crippen molar-refractivity contribution >= 4 is 11.9 Å². The number of unbranched alkanes of at least 4 members (excludes halogenated alkanes) is 11. The van der Waals surface area contributed by atoms with Crippen LogP contribution in [0, 0.1) is 0 Å². The third kappa shape index (κ3) is 17.7. The average Bonchev–Trinajstić information content (AvgIpc) is 2.69. The molecule has 0 saturated carbocycles. The minimum absolute atomic E-state index is 0.0724. The van der Waals surface area contributed by atoms with Gasteiger partial charge in [0.2, 0.25) is 5.83 Å². The second kappa shape index (κ2) is 20.1. The van der Waals surface area contributed by atoms with E-state index in [2.05, 4.69) is 28.5 Å². The quantitative estimate of drug-likeness (QED) is 0.0825. The van der Waals surface area contributed by atoms with Gasteiger partial charge < -0.3 is 9.47 Å². The number of allylic oxidation sites excluding steroid dienone is 2. The molecule has 0 aliphatic heterocycles. The van der Waals surface area contributed by atoms with Crippen LogP contribution in [0.4, 0.5) is 4.39 Å². The van der Waals surface area contributed by atoms with Crippen LogP contribution in [-0.4, -0.2) is 18.5 Å². The summed E-state index contributed by atoms with van der Waals surface area (Å²) in [7, 11) is 0. The zero-order valence-corrected chi connectivity index (χ0v) is 17.8. The van der Waals surface area contributed by atoms with E-state index in [-0.39, 0.29) is 13.0 Å². The summed E-state index contributed by atoms with van der Waals surface area (Å²) in [6.45, 7) is 3.89. The summed E-state index contributed by atoms with van der Waals surface area (Å²) >= 11 is 0. The molecule has 0 aromatic heterocycles. The van der Waals surface area contributed by atoms with Crippen LogP contribution in [0.15, 0.2) is 24.2 Å². The van der Waals surface area contributed by atoms with E-state index < -0.39 is 17.8 Å². The van der Waals surface area contributed by atoms with Crippen LogP contribution >= 0.6 is 0 Å². The van der Waals surface area contributed by atoms with Crippen molar-refractivity contribution in [1.29, 1.82) is 0 Å². The van der Waals surface area contributed by atoms with Crippen molar-refractivity contribution in [3.63, 3.8) is 0 Å². The first-order chi connectivity index (χ1) is 13.6. The van der Waals surface area contributed by atoms with Crippen molar-refractivity contribution in [3.05, 3.63) is 24.2 Å². The van der Waals surface area contributed by atoms with Gasteiger partial charge in [-0.15, -0.1) is 0 Å². The van der Waals surface area contributed by atoms with E-state index >= 15 is 0 Å². The number of esters is 2. The molecular weight excluding hydrogens is 359 g/mol. The maximum atomic E-state index is 13.2. The molecule has 0 fully saturated rings. The second-order valence-electron chi connectivity index (χ2n) is 7.01. The summed E-state index contributed by atoms with van der Waals surface area (Å²) in [5, 5.41) is 0. The maximum absolute atomic E-state index is 13.2. The lowest BCUT2D eigenvalue weighted by Gasteiger charge is -2.02. The molecule has 0 N–H and O–H groups in total. The van der Waals surface area contributed by atoms with Crippen molar-refractivity contribution in [2.45, 2.75) is 104 Å². The fraction of sp³-hybridized carbons (Fsp3) is 0.739. The van der Waals surface area contributed by atoms with Crippen molar-refractivity contribution in [1.82, 2.24) is 0 Å². The van der Waals surface area contributed by atoms with Gasteiger partial charge in [-0.1, -0.05) is 70.4 Å². The Bertz CT molecular complexity index is 458. The van der Waals surface area contributed by atoms with Crippen LogP contribution in [0.3, 0.4) is 0 Å². The van der Waals surface area contributed by atoms with E-state index in [1.54, 1.807) is 6.92 Å². The smallest absolute Gasteiger partial charge is 0.370 e. The van der Waals surface area contributed by atoms with E-state index in [4.69, 9.17) is 0 Å². The van der Waals surface area contributed by atoms with Gasteiger partial charge in [0.15, 0.2) is 0 Å². The minimum Gasteiger partial charge on any atom is -0.461 e. The first-order valence-electron chi connectivity index (χ1n) is 11.0. The van der Waals surface area contributed by atoms with E-state index in [1.165, 1.54) is 51.4 Å². The highest BCUT2D eigenvalue weighted by molar-refractivity contribution is 5.86. The Morgan fingerprint density at radius 2 is 1.32 bits per heavy atom. The van der Waals surface area contributed by atoms with Gasteiger partial charge >= 0.3 is 11.9 Å². The molecule has 4 nitrogen and oxygen atoms in total. The van der Waals surface area contributed by atoms with Gasteiger partial charge in [-0.25, -0.2) is 4.79 Å². The van der Waals surface area contributed by atoms with Gasteiger partial charge in [0.05, 0.1) is 6.61 Å². The Labute approximate surface area is 170 Å². The van der Waals surface area contributed by atoms with Crippen molar-refractivity contribution in [3.8, 4) is 0 Å². The lowest BCUT2D eigenvalue weighted by atomic mass is 10.1. The van der Waals surface area contributed by atoms with Crippen LogP contribution in [0.25, 0.3) is 0 Å².